The molecule has 1 heterocycles. The standard InChI is InChI=1S/C25H16BrClFN3O5/c26-20-11-14(4-9-21(20)36-13-22(32)29-17-7-5-16(28)6-8-17)10-19-23(33)30-25(35)31(24(19)34)18-3-1-2-15(27)12-18/h1-12H,13H2,(H,29,32)(H,30,33,35)/b19-10+. The van der Waals surface area contributed by atoms with Crippen molar-refractivity contribution >= 4 is 68.7 Å². The van der Waals surface area contributed by atoms with Crippen LogP contribution in [0.25, 0.3) is 6.08 Å². The van der Waals surface area contributed by atoms with E-state index in [0.717, 1.165) is 4.90 Å². The van der Waals surface area contributed by atoms with E-state index in [1.807, 2.05) is 0 Å². The first-order valence-electron chi connectivity index (χ1n) is 10.4. The molecule has 0 aliphatic carbocycles. The van der Waals surface area contributed by atoms with Crippen molar-refractivity contribution in [1.29, 1.82) is 0 Å². The Hall–Kier alpha value is -4.02. The van der Waals surface area contributed by atoms with Gasteiger partial charge < -0.3 is 10.1 Å². The minimum Gasteiger partial charge on any atom is -0.483 e. The van der Waals surface area contributed by atoms with Crippen molar-refractivity contribution in [3.05, 3.63) is 93.2 Å². The number of hydrogen-bond acceptors (Lipinski definition) is 5. The number of benzene rings is 3. The molecule has 8 nitrogen and oxygen atoms in total. The minimum atomic E-state index is -0.881. The monoisotopic (exact) mass is 571 g/mol. The summed E-state index contributed by atoms with van der Waals surface area (Å²) in [6, 6.07) is 15.2. The summed E-state index contributed by atoms with van der Waals surface area (Å²) in [5.41, 5.74) is 0.844. The molecule has 3 aromatic carbocycles. The molecular weight excluding hydrogens is 557 g/mol. The van der Waals surface area contributed by atoms with E-state index < -0.39 is 29.6 Å². The maximum atomic E-state index is 13.0. The van der Waals surface area contributed by atoms with Gasteiger partial charge in [-0.05, 0) is 82.2 Å². The summed E-state index contributed by atoms with van der Waals surface area (Å²) in [4.78, 5) is 50.6. The molecular formula is C25H16BrClFN3O5. The second-order valence-corrected chi connectivity index (χ2v) is 8.76. The van der Waals surface area contributed by atoms with Crippen molar-refractivity contribution in [2.45, 2.75) is 0 Å². The highest BCUT2D eigenvalue weighted by Crippen LogP contribution is 2.29. The number of nitrogens with zero attached hydrogens (tertiary/aromatic N) is 1. The number of imide groups is 2. The van der Waals surface area contributed by atoms with Crippen molar-refractivity contribution in [3.8, 4) is 5.75 Å². The number of carbonyl (C=O) groups is 4. The predicted molar refractivity (Wildman–Crippen MR) is 135 cm³/mol. The smallest absolute Gasteiger partial charge is 0.335 e. The molecule has 0 spiro atoms. The minimum absolute atomic E-state index is 0.215. The van der Waals surface area contributed by atoms with E-state index >= 15 is 0 Å². The zero-order valence-electron chi connectivity index (χ0n) is 18.3. The molecule has 1 fully saturated rings. The van der Waals surface area contributed by atoms with Crippen molar-refractivity contribution < 1.29 is 28.3 Å². The molecule has 1 aliphatic heterocycles. The zero-order valence-corrected chi connectivity index (χ0v) is 20.6. The summed E-state index contributed by atoms with van der Waals surface area (Å²) in [6.45, 7) is -0.311. The molecule has 4 rings (SSSR count). The molecule has 0 atom stereocenters. The third-order valence-corrected chi connectivity index (χ3v) is 5.78. The number of halogens is 3. The van der Waals surface area contributed by atoms with E-state index in [1.54, 1.807) is 30.3 Å². The van der Waals surface area contributed by atoms with E-state index in [1.165, 1.54) is 42.5 Å². The van der Waals surface area contributed by atoms with Crippen molar-refractivity contribution in [1.82, 2.24) is 5.32 Å². The van der Waals surface area contributed by atoms with E-state index in [9.17, 15) is 23.6 Å². The molecule has 3 aromatic rings. The molecule has 5 amide bonds. The summed E-state index contributed by atoms with van der Waals surface area (Å²) in [7, 11) is 0. The number of anilines is 2. The van der Waals surface area contributed by atoms with Gasteiger partial charge in [0, 0.05) is 10.7 Å². The van der Waals surface area contributed by atoms with Crippen LogP contribution in [0.3, 0.4) is 0 Å². The number of amides is 5. The van der Waals surface area contributed by atoms with Crippen LogP contribution >= 0.6 is 27.5 Å². The molecule has 182 valence electrons. The molecule has 2 N–H and O–H groups in total. The SMILES string of the molecule is O=C(COc1ccc(/C=C2\C(=O)NC(=O)N(c3cccc(Cl)c3)C2=O)cc1Br)Nc1ccc(F)cc1. The Morgan fingerprint density at radius 2 is 1.83 bits per heavy atom. The quantitative estimate of drug-likeness (QED) is 0.322. The first-order chi connectivity index (χ1) is 17.2. The van der Waals surface area contributed by atoms with Gasteiger partial charge in [-0.3, -0.25) is 19.7 Å². The van der Waals surface area contributed by atoms with Gasteiger partial charge in [-0.15, -0.1) is 0 Å². The molecule has 0 radical (unpaired) electrons. The topological polar surface area (TPSA) is 105 Å². The lowest BCUT2D eigenvalue weighted by Crippen LogP contribution is -2.54. The van der Waals surface area contributed by atoms with Gasteiger partial charge in [-0.2, -0.15) is 0 Å². The van der Waals surface area contributed by atoms with Crippen LogP contribution in [0, 0.1) is 5.82 Å². The van der Waals surface area contributed by atoms with Gasteiger partial charge in [0.05, 0.1) is 10.2 Å². The molecule has 0 unspecified atom stereocenters. The fraction of sp³-hybridized carbons (Fsp3) is 0.0400. The Morgan fingerprint density at radius 1 is 1.08 bits per heavy atom. The lowest BCUT2D eigenvalue weighted by molar-refractivity contribution is -0.122. The number of rotatable bonds is 6. The third-order valence-electron chi connectivity index (χ3n) is 4.92. The Morgan fingerprint density at radius 3 is 2.53 bits per heavy atom. The highest BCUT2D eigenvalue weighted by Gasteiger charge is 2.36. The second kappa shape index (κ2) is 10.7. The van der Waals surface area contributed by atoms with Crippen molar-refractivity contribution in [2.75, 3.05) is 16.8 Å². The van der Waals surface area contributed by atoms with E-state index in [0.29, 0.717) is 26.5 Å². The first kappa shape index (κ1) is 25.1. The van der Waals surface area contributed by atoms with Gasteiger partial charge in [0.2, 0.25) is 0 Å². The largest absolute Gasteiger partial charge is 0.483 e. The maximum Gasteiger partial charge on any atom is 0.335 e. The molecule has 11 heteroatoms. The van der Waals surface area contributed by atoms with E-state index in [-0.39, 0.29) is 17.9 Å². The van der Waals surface area contributed by atoms with Crippen LogP contribution in [-0.4, -0.2) is 30.4 Å². The van der Waals surface area contributed by atoms with Crippen LogP contribution in [0.15, 0.2) is 76.8 Å². The lowest BCUT2D eigenvalue weighted by Gasteiger charge is -2.26. The highest BCUT2D eigenvalue weighted by molar-refractivity contribution is 9.10. The van der Waals surface area contributed by atoms with Crippen LogP contribution in [0.5, 0.6) is 5.75 Å². The molecule has 36 heavy (non-hydrogen) atoms. The number of ether oxygens (including phenoxy) is 1. The third kappa shape index (κ3) is 5.78. The molecule has 0 saturated carbocycles. The molecule has 0 bridgehead atoms. The molecule has 1 aliphatic rings. The molecule has 0 aromatic heterocycles. The normalized spacial score (nSPS) is 14.6. The summed E-state index contributed by atoms with van der Waals surface area (Å²) in [5, 5.41) is 5.05. The van der Waals surface area contributed by atoms with Gasteiger partial charge >= 0.3 is 6.03 Å². The number of hydrogen-bond donors (Lipinski definition) is 2. The van der Waals surface area contributed by atoms with Gasteiger partial charge in [-0.1, -0.05) is 23.7 Å². The predicted octanol–water partition coefficient (Wildman–Crippen LogP) is 4.93. The lowest BCUT2D eigenvalue weighted by atomic mass is 10.1. The van der Waals surface area contributed by atoms with Gasteiger partial charge in [0.25, 0.3) is 17.7 Å². The Bertz CT molecular complexity index is 1410. The van der Waals surface area contributed by atoms with Crippen LogP contribution in [0.2, 0.25) is 5.02 Å². The van der Waals surface area contributed by atoms with Gasteiger partial charge in [0.1, 0.15) is 17.1 Å². The van der Waals surface area contributed by atoms with Gasteiger partial charge in [-0.25, -0.2) is 14.1 Å². The number of carbonyl (C=O) groups excluding carboxylic acids is 4. The highest BCUT2D eigenvalue weighted by atomic mass is 79.9. The summed E-state index contributed by atoms with van der Waals surface area (Å²) >= 11 is 9.31. The number of urea groups is 1. The second-order valence-electron chi connectivity index (χ2n) is 7.47. The first-order valence-corrected chi connectivity index (χ1v) is 11.5. The average molecular weight is 573 g/mol. The Labute approximate surface area is 217 Å². The maximum absolute atomic E-state index is 13.0. The van der Waals surface area contributed by atoms with Crippen LogP contribution in [0.1, 0.15) is 5.56 Å². The van der Waals surface area contributed by atoms with Crippen LogP contribution in [0.4, 0.5) is 20.6 Å². The summed E-state index contributed by atoms with van der Waals surface area (Å²) in [5.74, 6) is -2.17. The zero-order chi connectivity index (χ0) is 25.8. The van der Waals surface area contributed by atoms with Crippen LogP contribution < -0.4 is 20.3 Å². The Balaban J connectivity index is 1.47. The van der Waals surface area contributed by atoms with Crippen LogP contribution in [-0.2, 0) is 14.4 Å². The number of nitrogens with one attached hydrogen (secondary N) is 2. The van der Waals surface area contributed by atoms with E-state index in [4.69, 9.17) is 16.3 Å². The molecule has 1 saturated heterocycles. The van der Waals surface area contributed by atoms with Crippen molar-refractivity contribution in [3.63, 3.8) is 0 Å². The fourth-order valence-corrected chi connectivity index (χ4v) is 3.97. The van der Waals surface area contributed by atoms with E-state index in [2.05, 4.69) is 26.6 Å². The number of barbiturate groups is 1. The summed E-state index contributed by atoms with van der Waals surface area (Å²) in [6.07, 6.45) is 1.33. The van der Waals surface area contributed by atoms with Crippen molar-refractivity contribution in [2.24, 2.45) is 0 Å². The van der Waals surface area contributed by atoms with Gasteiger partial charge in [0.15, 0.2) is 6.61 Å². The Kier molecular flexibility index (Phi) is 7.47. The average Bonchev–Trinajstić information content (AvgIpc) is 2.82. The summed E-state index contributed by atoms with van der Waals surface area (Å²) < 4.78 is 19.0. The fourth-order valence-electron chi connectivity index (χ4n) is 3.27.